The Morgan fingerprint density at radius 1 is 1.20 bits per heavy atom. The quantitative estimate of drug-likeness (QED) is 0.816. The summed E-state index contributed by atoms with van der Waals surface area (Å²) in [7, 11) is 3.61. The fourth-order valence-electron chi connectivity index (χ4n) is 1.91. The molecule has 0 aliphatic heterocycles. The molecule has 0 aliphatic carbocycles. The maximum absolute atomic E-state index is 12.9. The standard InChI is InChI=1S/C16H18FNOS/c1-18-16(12-4-3-5-14(10-12)19-2)11-20-15-8-6-13(17)7-9-15/h3-10,16,18H,11H2,1-2H3. The van der Waals surface area contributed by atoms with Gasteiger partial charge in [0.05, 0.1) is 7.11 Å². The van der Waals surface area contributed by atoms with Crippen LogP contribution in [-0.4, -0.2) is 19.9 Å². The molecular weight excluding hydrogens is 273 g/mol. The molecule has 4 heteroatoms. The van der Waals surface area contributed by atoms with Crippen molar-refractivity contribution in [1.29, 1.82) is 0 Å². The van der Waals surface area contributed by atoms with E-state index in [2.05, 4.69) is 11.4 Å². The SMILES string of the molecule is CNC(CSc1ccc(F)cc1)c1cccc(OC)c1. The van der Waals surface area contributed by atoms with Crippen molar-refractivity contribution in [3.63, 3.8) is 0 Å². The van der Waals surface area contributed by atoms with E-state index in [1.165, 1.54) is 17.7 Å². The van der Waals surface area contributed by atoms with Gasteiger partial charge in [-0.2, -0.15) is 0 Å². The van der Waals surface area contributed by atoms with Crippen LogP contribution >= 0.6 is 11.8 Å². The minimum Gasteiger partial charge on any atom is -0.497 e. The number of thioether (sulfide) groups is 1. The highest BCUT2D eigenvalue weighted by Crippen LogP contribution is 2.26. The maximum atomic E-state index is 12.9. The summed E-state index contributed by atoms with van der Waals surface area (Å²) in [5.74, 6) is 1.52. The van der Waals surface area contributed by atoms with E-state index >= 15 is 0 Å². The maximum Gasteiger partial charge on any atom is 0.123 e. The summed E-state index contributed by atoms with van der Waals surface area (Å²) in [4.78, 5) is 1.06. The molecule has 0 spiro atoms. The number of methoxy groups -OCH3 is 1. The van der Waals surface area contributed by atoms with Gasteiger partial charge >= 0.3 is 0 Å². The lowest BCUT2D eigenvalue weighted by atomic mass is 10.1. The van der Waals surface area contributed by atoms with Gasteiger partial charge in [0.2, 0.25) is 0 Å². The second-order valence-electron chi connectivity index (χ2n) is 4.38. The third-order valence-electron chi connectivity index (χ3n) is 3.07. The van der Waals surface area contributed by atoms with Crippen LogP contribution in [0.15, 0.2) is 53.4 Å². The molecule has 2 rings (SSSR count). The minimum atomic E-state index is -0.202. The molecule has 20 heavy (non-hydrogen) atoms. The molecule has 0 bridgehead atoms. The van der Waals surface area contributed by atoms with Gasteiger partial charge in [0, 0.05) is 16.7 Å². The van der Waals surface area contributed by atoms with Crippen LogP contribution in [0, 0.1) is 5.82 Å². The zero-order chi connectivity index (χ0) is 14.4. The lowest BCUT2D eigenvalue weighted by Crippen LogP contribution is -2.18. The van der Waals surface area contributed by atoms with Gasteiger partial charge in [-0.15, -0.1) is 11.8 Å². The van der Waals surface area contributed by atoms with Gasteiger partial charge in [-0.1, -0.05) is 12.1 Å². The van der Waals surface area contributed by atoms with Crippen molar-refractivity contribution in [2.45, 2.75) is 10.9 Å². The summed E-state index contributed by atoms with van der Waals surface area (Å²) in [6, 6.07) is 14.8. The highest BCUT2D eigenvalue weighted by atomic mass is 32.2. The molecule has 0 radical (unpaired) electrons. The van der Waals surface area contributed by atoms with Crippen molar-refractivity contribution >= 4 is 11.8 Å². The molecule has 2 aromatic rings. The summed E-state index contributed by atoms with van der Waals surface area (Å²) >= 11 is 1.70. The first kappa shape index (κ1) is 14.9. The van der Waals surface area contributed by atoms with Gasteiger partial charge in [0.15, 0.2) is 0 Å². The molecule has 1 unspecified atom stereocenters. The number of hydrogen-bond donors (Lipinski definition) is 1. The van der Waals surface area contributed by atoms with E-state index in [-0.39, 0.29) is 11.9 Å². The van der Waals surface area contributed by atoms with Crippen LogP contribution in [0.2, 0.25) is 0 Å². The van der Waals surface area contributed by atoms with Crippen LogP contribution in [0.4, 0.5) is 4.39 Å². The number of hydrogen-bond acceptors (Lipinski definition) is 3. The second kappa shape index (κ2) is 7.31. The third kappa shape index (κ3) is 3.99. The number of ether oxygens (including phenoxy) is 1. The molecule has 0 amide bonds. The molecular formula is C16H18FNOS. The molecule has 0 aromatic heterocycles. The van der Waals surface area contributed by atoms with Crippen LogP contribution in [-0.2, 0) is 0 Å². The average Bonchev–Trinajstić information content (AvgIpc) is 2.50. The number of halogens is 1. The molecule has 2 nitrogen and oxygen atoms in total. The Morgan fingerprint density at radius 2 is 1.95 bits per heavy atom. The second-order valence-corrected chi connectivity index (χ2v) is 5.48. The Bertz CT molecular complexity index is 544. The molecule has 2 aromatic carbocycles. The van der Waals surface area contributed by atoms with Gasteiger partial charge in [-0.05, 0) is 49.0 Å². The zero-order valence-corrected chi connectivity index (χ0v) is 12.4. The van der Waals surface area contributed by atoms with Crippen LogP contribution in [0.25, 0.3) is 0 Å². The first-order valence-electron chi connectivity index (χ1n) is 6.42. The van der Waals surface area contributed by atoms with Gasteiger partial charge in [0.1, 0.15) is 11.6 Å². The smallest absolute Gasteiger partial charge is 0.123 e. The molecule has 0 saturated carbocycles. The third-order valence-corrected chi connectivity index (χ3v) is 4.18. The van der Waals surface area contributed by atoms with Crippen molar-refractivity contribution in [2.75, 3.05) is 19.9 Å². The lowest BCUT2D eigenvalue weighted by Gasteiger charge is -2.17. The van der Waals surface area contributed by atoms with Gasteiger partial charge in [-0.25, -0.2) is 4.39 Å². The van der Waals surface area contributed by atoms with Crippen molar-refractivity contribution < 1.29 is 9.13 Å². The van der Waals surface area contributed by atoms with E-state index in [9.17, 15) is 4.39 Å². The normalized spacial score (nSPS) is 12.2. The Hall–Kier alpha value is -1.52. The molecule has 1 atom stereocenters. The van der Waals surface area contributed by atoms with Crippen molar-refractivity contribution in [1.82, 2.24) is 5.32 Å². The van der Waals surface area contributed by atoms with Gasteiger partial charge in [0.25, 0.3) is 0 Å². The minimum absolute atomic E-state index is 0.202. The first-order chi connectivity index (χ1) is 9.72. The van der Waals surface area contributed by atoms with Crippen molar-refractivity contribution in [2.24, 2.45) is 0 Å². The Labute approximate surface area is 123 Å². The number of benzene rings is 2. The molecule has 0 fully saturated rings. The fraction of sp³-hybridized carbons (Fsp3) is 0.250. The van der Waals surface area contributed by atoms with Crippen molar-refractivity contribution in [3.8, 4) is 5.75 Å². The topological polar surface area (TPSA) is 21.3 Å². The number of nitrogens with one attached hydrogen (secondary N) is 1. The Morgan fingerprint density at radius 3 is 2.60 bits per heavy atom. The predicted octanol–water partition coefficient (Wildman–Crippen LogP) is 3.89. The van der Waals surface area contributed by atoms with E-state index < -0.39 is 0 Å². The first-order valence-corrected chi connectivity index (χ1v) is 7.41. The van der Waals surface area contributed by atoms with Gasteiger partial charge in [-0.3, -0.25) is 0 Å². The highest BCUT2D eigenvalue weighted by molar-refractivity contribution is 7.99. The van der Waals surface area contributed by atoms with Crippen LogP contribution in [0.3, 0.4) is 0 Å². The molecule has 1 N–H and O–H groups in total. The molecule has 0 saturated heterocycles. The monoisotopic (exact) mass is 291 g/mol. The van der Waals surface area contributed by atoms with E-state index in [4.69, 9.17) is 4.74 Å². The largest absolute Gasteiger partial charge is 0.497 e. The molecule has 0 heterocycles. The van der Waals surface area contributed by atoms with E-state index in [0.29, 0.717) is 0 Å². The fourth-order valence-corrected chi connectivity index (χ4v) is 2.96. The van der Waals surface area contributed by atoms with Crippen molar-refractivity contribution in [3.05, 3.63) is 59.9 Å². The van der Waals surface area contributed by atoms with Gasteiger partial charge < -0.3 is 10.1 Å². The Balaban J connectivity index is 2.03. The predicted molar refractivity (Wildman–Crippen MR) is 81.9 cm³/mol. The van der Waals surface area contributed by atoms with E-state index in [0.717, 1.165) is 16.4 Å². The Kier molecular flexibility index (Phi) is 5.44. The van der Waals surface area contributed by atoms with E-state index in [1.54, 1.807) is 31.0 Å². The summed E-state index contributed by atoms with van der Waals surface area (Å²) < 4.78 is 18.1. The zero-order valence-electron chi connectivity index (χ0n) is 11.6. The summed E-state index contributed by atoms with van der Waals surface area (Å²) in [5.41, 5.74) is 1.18. The number of rotatable bonds is 6. The van der Waals surface area contributed by atoms with Crippen LogP contribution in [0.5, 0.6) is 5.75 Å². The lowest BCUT2D eigenvalue weighted by molar-refractivity contribution is 0.413. The van der Waals surface area contributed by atoms with Crippen LogP contribution < -0.4 is 10.1 Å². The molecule has 106 valence electrons. The highest BCUT2D eigenvalue weighted by Gasteiger charge is 2.10. The summed E-state index contributed by atoms with van der Waals surface area (Å²) in [5, 5.41) is 3.30. The van der Waals surface area contributed by atoms with E-state index in [1.807, 2.05) is 25.2 Å². The van der Waals surface area contributed by atoms with Crippen LogP contribution in [0.1, 0.15) is 11.6 Å². The molecule has 0 aliphatic rings. The average molecular weight is 291 g/mol. The summed E-state index contributed by atoms with van der Waals surface area (Å²) in [6.07, 6.45) is 0. The summed E-state index contributed by atoms with van der Waals surface area (Å²) in [6.45, 7) is 0.